The lowest BCUT2D eigenvalue weighted by Gasteiger charge is -2.26. The van der Waals surface area contributed by atoms with Crippen molar-refractivity contribution in [2.75, 3.05) is 39.4 Å². The molecule has 3 heterocycles. The number of fused-ring (bicyclic) bond motifs is 1. The van der Waals surface area contributed by atoms with Gasteiger partial charge in [-0.15, -0.1) is 0 Å². The number of ether oxygens (including phenoxy) is 1. The third-order valence-electron chi connectivity index (χ3n) is 4.21. The normalized spacial score (nSPS) is 15.9. The standard InChI is InChI=1S/C17H24N4O2/c1-13-4-7-21-15(12-13)19-14(2)16(21)17(22)18-5-3-6-20-8-10-23-11-9-20/h4,7,12H,3,5-6,8-11H2,1-2H3,(H,18,22). The fraction of sp³-hybridized carbons (Fsp3) is 0.529. The number of aromatic nitrogens is 2. The first kappa shape index (κ1) is 16.0. The lowest BCUT2D eigenvalue weighted by molar-refractivity contribution is 0.0374. The minimum atomic E-state index is -0.0548. The van der Waals surface area contributed by atoms with Crippen LogP contribution >= 0.6 is 0 Å². The molecule has 1 amide bonds. The second-order valence-electron chi connectivity index (χ2n) is 6.04. The van der Waals surface area contributed by atoms with Gasteiger partial charge in [0.2, 0.25) is 0 Å². The molecule has 1 saturated heterocycles. The van der Waals surface area contributed by atoms with Crippen LogP contribution in [0.25, 0.3) is 5.65 Å². The number of nitrogens with zero attached hydrogens (tertiary/aromatic N) is 3. The molecule has 0 aliphatic carbocycles. The van der Waals surface area contributed by atoms with Crippen molar-refractivity contribution in [2.45, 2.75) is 20.3 Å². The lowest BCUT2D eigenvalue weighted by Crippen LogP contribution is -2.38. The van der Waals surface area contributed by atoms with Gasteiger partial charge < -0.3 is 10.1 Å². The van der Waals surface area contributed by atoms with E-state index in [1.54, 1.807) is 0 Å². The van der Waals surface area contributed by atoms with Crippen molar-refractivity contribution < 1.29 is 9.53 Å². The topological polar surface area (TPSA) is 58.9 Å². The Hall–Kier alpha value is -1.92. The maximum absolute atomic E-state index is 12.5. The number of aryl methyl sites for hydroxylation is 2. The third kappa shape index (κ3) is 3.71. The molecular weight excluding hydrogens is 292 g/mol. The number of carbonyl (C=O) groups excluding carboxylic acids is 1. The number of amides is 1. The second-order valence-corrected chi connectivity index (χ2v) is 6.04. The highest BCUT2D eigenvalue weighted by atomic mass is 16.5. The Kier molecular flexibility index (Phi) is 4.93. The first-order valence-electron chi connectivity index (χ1n) is 8.19. The smallest absolute Gasteiger partial charge is 0.270 e. The van der Waals surface area contributed by atoms with Crippen LogP contribution in [0, 0.1) is 13.8 Å². The number of pyridine rings is 1. The van der Waals surface area contributed by atoms with E-state index in [-0.39, 0.29) is 5.91 Å². The van der Waals surface area contributed by atoms with Crippen LogP contribution in [0.15, 0.2) is 18.3 Å². The van der Waals surface area contributed by atoms with E-state index in [1.807, 2.05) is 36.6 Å². The van der Waals surface area contributed by atoms with Crippen LogP contribution in [0.3, 0.4) is 0 Å². The molecule has 1 aliphatic heterocycles. The van der Waals surface area contributed by atoms with Gasteiger partial charge in [0.1, 0.15) is 11.3 Å². The zero-order valence-corrected chi connectivity index (χ0v) is 13.8. The number of carbonyl (C=O) groups is 1. The monoisotopic (exact) mass is 316 g/mol. The highest BCUT2D eigenvalue weighted by molar-refractivity contribution is 5.94. The summed E-state index contributed by atoms with van der Waals surface area (Å²) in [7, 11) is 0. The molecule has 1 aliphatic rings. The molecule has 2 aromatic heterocycles. The van der Waals surface area contributed by atoms with Gasteiger partial charge in [0.05, 0.1) is 18.9 Å². The van der Waals surface area contributed by atoms with E-state index in [9.17, 15) is 4.79 Å². The Morgan fingerprint density at radius 3 is 2.91 bits per heavy atom. The number of imidazole rings is 1. The molecule has 6 heteroatoms. The molecule has 0 aromatic carbocycles. The SMILES string of the molecule is Cc1ccn2c(C(=O)NCCCN3CCOCC3)c(C)nc2c1. The van der Waals surface area contributed by atoms with E-state index in [0.29, 0.717) is 12.2 Å². The summed E-state index contributed by atoms with van der Waals surface area (Å²) >= 11 is 0. The molecule has 124 valence electrons. The molecular formula is C17H24N4O2. The van der Waals surface area contributed by atoms with Crippen molar-refractivity contribution in [1.82, 2.24) is 19.6 Å². The Morgan fingerprint density at radius 2 is 2.13 bits per heavy atom. The molecule has 3 rings (SSSR count). The molecule has 0 unspecified atom stereocenters. The summed E-state index contributed by atoms with van der Waals surface area (Å²) in [5.74, 6) is -0.0548. The second kappa shape index (κ2) is 7.10. The van der Waals surface area contributed by atoms with Crippen LogP contribution in [0.4, 0.5) is 0 Å². The van der Waals surface area contributed by atoms with Crippen molar-refractivity contribution in [1.29, 1.82) is 0 Å². The van der Waals surface area contributed by atoms with E-state index in [4.69, 9.17) is 4.74 Å². The number of rotatable bonds is 5. The maximum atomic E-state index is 12.5. The Labute approximate surface area is 136 Å². The summed E-state index contributed by atoms with van der Waals surface area (Å²) in [6.07, 6.45) is 2.86. The van der Waals surface area contributed by atoms with Gasteiger partial charge in [-0.2, -0.15) is 0 Å². The molecule has 23 heavy (non-hydrogen) atoms. The van der Waals surface area contributed by atoms with Gasteiger partial charge in [0, 0.05) is 25.8 Å². The average Bonchev–Trinajstić information content (AvgIpc) is 2.87. The van der Waals surface area contributed by atoms with Gasteiger partial charge in [-0.05, 0) is 44.5 Å². The van der Waals surface area contributed by atoms with Gasteiger partial charge in [-0.3, -0.25) is 14.1 Å². The van der Waals surface area contributed by atoms with E-state index in [1.165, 1.54) is 0 Å². The van der Waals surface area contributed by atoms with Gasteiger partial charge >= 0.3 is 0 Å². The molecule has 1 fully saturated rings. The van der Waals surface area contributed by atoms with Gasteiger partial charge in [-0.1, -0.05) is 0 Å². The quantitative estimate of drug-likeness (QED) is 0.847. The van der Waals surface area contributed by atoms with Crippen molar-refractivity contribution in [3.8, 4) is 0 Å². The number of nitrogens with one attached hydrogen (secondary N) is 1. The van der Waals surface area contributed by atoms with Crippen molar-refractivity contribution in [3.05, 3.63) is 35.3 Å². The average molecular weight is 316 g/mol. The summed E-state index contributed by atoms with van der Waals surface area (Å²) in [6.45, 7) is 9.17. The number of hydrogen-bond donors (Lipinski definition) is 1. The lowest BCUT2D eigenvalue weighted by atomic mass is 10.3. The van der Waals surface area contributed by atoms with Gasteiger partial charge in [0.25, 0.3) is 5.91 Å². The van der Waals surface area contributed by atoms with E-state index in [0.717, 1.165) is 56.2 Å². The van der Waals surface area contributed by atoms with E-state index in [2.05, 4.69) is 15.2 Å². The highest BCUT2D eigenvalue weighted by Gasteiger charge is 2.16. The first-order chi connectivity index (χ1) is 11.1. The molecule has 0 saturated carbocycles. The minimum Gasteiger partial charge on any atom is -0.379 e. The summed E-state index contributed by atoms with van der Waals surface area (Å²) in [4.78, 5) is 19.3. The molecule has 2 aromatic rings. The summed E-state index contributed by atoms with van der Waals surface area (Å²) in [6, 6.07) is 3.98. The summed E-state index contributed by atoms with van der Waals surface area (Å²) in [5, 5.41) is 3.01. The van der Waals surface area contributed by atoms with Crippen molar-refractivity contribution >= 4 is 11.6 Å². The van der Waals surface area contributed by atoms with Crippen LogP contribution in [-0.4, -0.2) is 59.6 Å². The molecule has 6 nitrogen and oxygen atoms in total. The first-order valence-corrected chi connectivity index (χ1v) is 8.19. The van der Waals surface area contributed by atoms with Crippen LogP contribution < -0.4 is 5.32 Å². The number of morpholine rings is 1. The largest absolute Gasteiger partial charge is 0.379 e. The Morgan fingerprint density at radius 1 is 1.35 bits per heavy atom. The van der Waals surface area contributed by atoms with Crippen molar-refractivity contribution in [2.24, 2.45) is 0 Å². The summed E-state index contributed by atoms with van der Waals surface area (Å²) < 4.78 is 7.20. The predicted octanol–water partition coefficient (Wildman–Crippen LogP) is 1.40. The molecule has 0 bridgehead atoms. The Bertz CT molecular complexity index is 689. The van der Waals surface area contributed by atoms with Gasteiger partial charge in [-0.25, -0.2) is 4.98 Å². The van der Waals surface area contributed by atoms with Crippen LogP contribution in [0.5, 0.6) is 0 Å². The zero-order valence-electron chi connectivity index (χ0n) is 13.8. The molecule has 0 spiro atoms. The predicted molar refractivity (Wildman–Crippen MR) is 88.9 cm³/mol. The highest BCUT2D eigenvalue weighted by Crippen LogP contribution is 2.13. The third-order valence-corrected chi connectivity index (χ3v) is 4.21. The Balaban J connectivity index is 1.57. The van der Waals surface area contributed by atoms with Gasteiger partial charge in [0.15, 0.2) is 0 Å². The van der Waals surface area contributed by atoms with Crippen molar-refractivity contribution in [3.63, 3.8) is 0 Å². The van der Waals surface area contributed by atoms with E-state index >= 15 is 0 Å². The van der Waals surface area contributed by atoms with Crippen LogP contribution in [-0.2, 0) is 4.74 Å². The maximum Gasteiger partial charge on any atom is 0.270 e. The fourth-order valence-electron chi connectivity index (χ4n) is 2.95. The van der Waals surface area contributed by atoms with E-state index < -0.39 is 0 Å². The number of hydrogen-bond acceptors (Lipinski definition) is 4. The molecule has 1 N–H and O–H groups in total. The summed E-state index contributed by atoms with van der Waals surface area (Å²) in [5.41, 5.74) is 3.36. The van der Waals surface area contributed by atoms with Crippen LogP contribution in [0.1, 0.15) is 28.2 Å². The van der Waals surface area contributed by atoms with Crippen LogP contribution in [0.2, 0.25) is 0 Å². The molecule has 0 atom stereocenters. The minimum absolute atomic E-state index is 0.0548. The molecule has 0 radical (unpaired) electrons. The zero-order chi connectivity index (χ0) is 16.2. The fourth-order valence-corrected chi connectivity index (χ4v) is 2.95.